The molecule has 0 N–H and O–H groups in total. The maximum atomic E-state index is 11.7. The number of benzene rings is 1. The molecule has 0 fully saturated rings. The summed E-state index contributed by atoms with van der Waals surface area (Å²) in [6, 6.07) is 8.20. The number of carbonyl (C=O) groups is 2. The fourth-order valence-electron chi connectivity index (χ4n) is 1.75. The largest absolute Gasteiger partial charge is 0.464 e. The van der Waals surface area contributed by atoms with Crippen LogP contribution in [0.1, 0.15) is 20.8 Å². The first-order chi connectivity index (χ1) is 9.17. The van der Waals surface area contributed by atoms with Gasteiger partial charge < -0.3 is 4.74 Å². The third kappa shape index (κ3) is 2.63. The van der Waals surface area contributed by atoms with E-state index in [1.165, 1.54) is 13.3 Å². The van der Waals surface area contributed by atoms with Gasteiger partial charge in [-0.2, -0.15) is 0 Å². The second-order valence-electron chi connectivity index (χ2n) is 3.74. The average Bonchev–Trinajstić information content (AvgIpc) is 2.46. The molecule has 0 amide bonds. The summed E-state index contributed by atoms with van der Waals surface area (Å²) in [5.41, 5.74) is 1.65. The van der Waals surface area contributed by atoms with Gasteiger partial charge in [-0.1, -0.05) is 17.7 Å². The topological polar surface area (TPSA) is 56.3 Å². The number of pyridine rings is 1. The smallest absolute Gasteiger partial charge is 0.357 e. The lowest BCUT2D eigenvalue weighted by Crippen LogP contribution is -2.06. The molecule has 1 aromatic carbocycles. The molecular formula is C14H10ClNO3. The molecule has 2 rings (SSSR count). The molecule has 19 heavy (non-hydrogen) atoms. The van der Waals surface area contributed by atoms with Crippen molar-refractivity contribution in [3.05, 3.63) is 52.8 Å². The van der Waals surface area contributed by atoms with Crippen molar-refractivity contribution >= 4 is 23.9 Å². The maximum Gasteiger partial charge on any atom is 0.357 e. The summed E-state index contributed by atoms with van der Waals surface area (Å²) in [5.74, 6) is -0.563. The number of methoxy groups -OCH3 is 1. The SMILES string of the molecule is COC(=O)c1ncccc1-c1cc(Cl)ccc1C=O. The Kier molecular flexibility index (Phi) is 3.92. The Bertz CT molecular complexity index is 640. The summed E-state index contributed by atoms with van der Waals surface area (Å²) in [6.45, 7) is 0. The van der Waals surface area contributed by atoms with E-state index in [4.69, 9.17) is 11.6 Å². The van der Waals surface area contributed by atoms with E-state index in [1.807, 2.05) is 0 Å². The Balaban J connectivity index is 2.68. The molecule has 0 radical (unpaired) electrons. The zero-order valence-corrected chi connectivity index (χ0v) is 10.8. The molecule has 96 valence electrons. The molecule has 0 bridgehead atoms. The van der Waals surface area contributed by atoms with Gasteiger partial charge in [0.15, 0.2) is 12.0 Å². The average molecular weight is 276 g/mol. The monoisotopic (exact) mass is 275 g/mol. The first-order valence-electron chi connectivity index (χ1n) is 5.46. The highest BCUT2D eigenvalue weighted by atomic mass is 35.5. The lowest BCUT2D eigenvalue weighted by Gasteiger charge is -2.09. The number of hydrogen-bond acceptors (Lipinski definition) is 4. The van der Waals surface area contributed by atoms with E-state index in [2.05, 4.69) is 9.72 Å². The van der Waals surface area contributed by atoms with Crippen molar-refractivity contribution in [1.82, 2.24) is 4.98 Å². The molecule has 0 atom stereocenters. The number of rotatable bonds is 3. The van der Waals surface area contributed by atoms with Gasteiger partial charge in [0.2, 0.25) is 0 Å². The molecule has 0 saturated heterocycles. The van der Waals surface area contributed by atoms with Crippen molar-refractivity contribution < 1.29 is 14.3 Å². The Morgan fingerprint density at radius 2 is 2.11 bits per heavy atom. The Morgan fingerprint density at radius 1 is 1.32 bits per heavy atom. The van der Waals surface area contributed by atoms with Crippen LogP contribution in [0, 0.1) is 0 Å². The highest BCUT2D eigenvalue weighted by Gasteiger charge is 2.16. The Morgan fingerprint density at radius 3 is 2.79 bits per heavy atom. The summed E-state index contributed by atoms with van der Waals surface area (Å²) in [5, 5.41) is 0.472. The van der Waals surface area contributed by atoms with Crippen LogP contribution in [0.2, 0.25) is 5.02 Å². The zero-order valence-electron chi connectivity index (χ0n) is 10.1. The molecule has 4 nitrogen and oxygen atoms in total. The van der Waals surface area contributed by atoms with Crippen LogP contribution in [-0.2, 0) is 4.74 Å². The zero-order chi connectivity index (χ0) is 13.8. The molecule has 0 spiro atoms. The first-order valence-corrected chi connectivity index (χ1v) is 5.83. The lowest BCUT2D eigenvalue weighted by molar-refractivity contribution is 0.0595. The summed E-state index contributed by atoms with van der Waals surface area (Å²) >= 11 is 5.94. The Labute approximate surface area is 115 Å². The predicted octanol–water partition coefficient (Wildman–Crippen LogP) is 3.00. The number of halogens is 1. The molecule has 0 aliphatic rings. The van der Waals surface area contributed by atoms with Crippen LogP contribution in [-0.4, -0.2) is 24.3 Å². The predicted molar refractivity (Wildman–Crippen MR) is 71.4 cm³/mol. The van der Waals surface area contributed by atoms with E-state index in [1.54, 1.807) is 30.3 Å². The van der Waals surface area contributed by atoms with Crippen molar-refractivity contribution in [2.24, 2.45) is 0 Å². The van der Waals surface area contributed by atoms with Crippen LogP contribution in [0.5, 0.6) is 0 Å². The number of nitrogens with zero attached hydrogens (tertiary/aromatic N) is 1. The van der Waals surface area contributed by atoms with E-state index < -0.39 is 5.97 Å². The maximum absolute atomic E-state index is 11.7. The first kappa shape index (κ1) is 13.2. The van der Waals surface area contributed by atoms with Crippen molar-refractivity contribution in [1.29, 1.82) is 0 Å². The summed E-state index contributed by atoms with van der Waals surface area (Å²) in [4.78, 5) is 26.8. The molecule has 0 unspecified atom stereocenters. The molecule has 5 heteroatoms. The summed E-state index contributed by atoms with van der Waals surface area (Å²) < 4.78 is 4.68. The fourth-order valence-corrected chi connectivity index (χ4v) is 1.92. The van der Waals surface area contributed by atoms with Gasteiger partial charge >= 0.3 is 5.97 Å². The van der Waals surface area contributed by atoms with Crippen molar-refractivity contribution in [3.8, 4) is 11.1 Å². The van der Waals surface area contributed by atoms with Gasteiger partial charge in [-0.05, 0) is 29.8 Å². The second-order valence-corrected chi connectivity index (χ2v) is 4.18. The third-order valence-corrected chi connectivity index (χ3v) is 2.85. The van der Waals surface area contributed by atoms with E-state index in [-0.39, 0.29) is 5.69 Å². The number of ether oxygens (including phenoxy) is 1. The third-order valence-electron chi connectivity index (χ3n) is 2.62. The molecule has 0 saturated carbocycles. The minimum atomic E-state index is -0.563. The van der Waals surface area contributed by atoms with E-state index in [9.17, 15) is 9.59 Å². The lowest BCUT2D eigenvalue weighted by atomic mass is 9.99. The van der Waals surface area contributed by atoms with Crippen LogP contribution >= 0.6 is 11.6 Å². The molecule has 0 aliphatic heterocycles. The van der Waals surface area contributed by atoms with E-state index >= 15 is 0 Å². The number of aldehydes is 1. The van der Waals surface area contributed by atoms with Gasteiger partial charge in [-0.15, -0.1) is 0 Å². The van der Waals surface area contributed by atoms with Crippen LogP contribution < -0.4 is 0 Å². The quantitative estimate of drug-likeness (QED) is 0.638. The van der Waals surface area contributed by atoms with Gasteiger partial charge in [0.25, 0.3) is 0 Å². The van der Waals surface area contributed by atoms with Crippen LogP contribution in [0.25, 0.3) is 11.1 Å². The van der Waals surface area contributed by atoms with Gasteiger partial charge in [0.1, 0.15) is 0 Å². The van der Waals surface area contributed by atoms with E-state index in [0.717, 1.165) is 0 Å². The summed E-state index contributed by atoms with van der Waals surface area (Å²) in [7, 11) is 1.28. The van der Waals surface area contributed by atoms with Gasteiger partial charge in [-0.25, -0.2) is 9.78 Å². The van der Waals surface area contributed by atoms with Crippen LogP contribution in [0.4, 0.5) is 0 Å². The minimum absolute atomic E-state index is 0.148. The highest BCUT2D eigenvalue weighted by molar-refractivity contribution is 6.31. The normalized spacial score (nSPS) is 10.0. The minimum Gasteiger partial charge on any atom is -0.464 e. The second kappa shape index (κ2) is 5.63. The standard InChI is InChI=1S/C14H10ClNO3/c1-19-14(18)13-11(3-2-6-16-13)12-7-10(15)5-4-9(12)8-17/h2-8H,1H3. The molecular weight excluding hydrogens is 266 g/mol. The molecule has 1 aromatic heterocycles. The van der Waals surface area contributed by atoms with Gasteiger partial charge in [0, 0.05) is 22.3 Å². The molecule has 1 heterocycles. The summed E-state index contributed by atoms with van der Waals surface area (Å²) in [6.07, 6.45) is 2.20. The Hall–Kier alpha value is -2.20. The number of carbonyl (C=O) groups excluding carboxylic acids is 2. The number of esters is 1. The van der Waals surface area contributed by atoms with Gasteiger partial charge in [-0.3, -0.25) is 4.79 Å². The highest BCUT2D eigenvalue weighted by Crippen LogP contribution is 2.28. The molecule has 2 aromatic rings. The number of aromatic nitrogens is 1. The van der Waals surface area contributed by atoms with Crippen molar-refractivity contribution in [2.75, 3.05) is 7.11 Å². The van der Waals surface area contributed by atoms with Crippen molar-refractivity contribution in [2.45, 2.75) is 0 Å². The fraction of sp³-hybridized carbons (Fsp3) is 0.0714. The van der Waals surface area contributed by atoms with Crippen LogP contribution in [0.15, 0.2) is 36.5 Å². The van der Waals surface area contributed by atoms with E-state index in [0.29, 0.717) is 28.0 Å². The van der Waals surface area contributed by atoms with Crippen LogP contribution in [0.3, 0.4) is 0 Å². The van der Waals surface area contributed by atoms with Crippen molar-refractivity contribution in [3.63, 3.8) is 0 Å². The van der Waals surface area contributed by atoms with Gasteiger partial charge in [0.05, 0.1) is 7.11 Å². The number of hydrogen-bond donors (Lipinski definition) is 0. The molecule has 0 aliphatic carbocycles.